The van der Waals surface area contributed by atoms with Gasteiger partial charge in [0, 0.05) is 24.5 Å². The molecule has 1 saturated carbocycles. The third-order valence-corrected chi connectivity index (χ3v) is 6.45. The highest BCUT2D eigenvalue weighted by molar-refractivity contribution is 7.12. The molecule has 0 bridgehead atoms. The first-order valence-electron chi connectivity index (χ1n) is 8.92. The second-order valence-corrected chi connectivity index (χ2v) is 8.10. The maximum Gasteiger partial charge on any atom is 0.271 e. The number of nitrogens with two attached hydrogens (primary N) is 1. The summed E-state index contributed by atoms with van der Waals surface area (Å²) in [6, 6.07) is 3.35. The predicted octanol–water partition coefficient (Wildman–Crippen LogP) is 2.16. The Morgan fingerprint density at radius 3 is 2.77 bits per heavy atom. The van der Waals surface area contributed by atoms with Crippen LogP contribution in [0.5, 0.6) is 0 Å². The van der Waals surface area contributed by atoms with E-state index in [1.807, 2.05) is 9.47 Å². The van der Waals surface area contributed by atoms with Crippen molar-refractivity contribution in [2.45, 2.75) is 25.3 Å². The number of halogens is 1. The second kappa shape index (κ2) is 5.65. The summed E-state index contributed by atoms with van der Waals surface area (Å²) in [5.74, 6) is -0.0475. The summed E-state index contributed by atoms with van der Waals surface area (Å²) in [6.07, 6.45) is 2.96. The van der Waals surface area contributed by atoms with Gasteiger partial charge >= 0.3 is 0 Å². The molecule has 0 amide bonds. The average molecular weight is 374 g/mol. The third kappa shape index (κ3) is 2.25. The number of anilines is 1. The molecule has 1 aliphatic heterocycles. The van der Waals surface area contributed by atoms with Crippen LogP contribution in [-0.4, -0.2) is 28.6 Å². The lowest BCUT2D eigenvalue weighted by molar-refractivity contribution is 0.597. The van der Waals surface area contributed by atoms with Crippen molar-refractivity contribution in [2.24, 2.45) is 11.7 Å². The number of hydrogen-bond donors (Lipinski definition) is 2. The second-order valence-electron chi connectivity index (χ2n) is 7.30. The fraction of sp³-hybridized carbons (Fsp3) is 0.444. The van der Waals surface area contributed by atoms with E-state index in [4.69, 9.17) is 5.73 Å². The third-order valence-electron chi connectivity index (χ3n) is 5.57. The standard InChI is InChI=1S/C18H19FN4O2S/c19-12-5-11-13(6-14(12)22-4-3-9(7-20)8-22)23(10-1-2-10)18-15(16(11)24)17(25)21-26-18/h5-6,9-10H,1-4,7-8,20H2,(H,21,25)/t9-/m0/s1. The van der Waals surface area contributed by atoms with Gasteiger partial charge < -0.3 is 15.2 Å². The highest BCUT2D eigenvalue weighted by atomic mass is 32.1. The Bertz CT molecular complexity index is 1140. The maximum absolute atomic E-state index is 14.9. The van der Waals surface area contributed by atoms with E-state index in [-0.39, 0.29) is 27.8 Å². The van der Waals surface area contributed by atoms with E-state index in [0.717, 1.165) is 32.4 Å². The number of benzene rings is 1. The first kappa shape index (κ1) is 16.0. The Balaban J connectivity index is 1.80. The number of nitrogens with one attached hydrogen (secondary N) is 1. The number of aromatic amines is 1. The quantitative estimate of drug-likeness (QED) is 0.736. The van der Waals surface area contributed by atoms with Gasteiger partial charge in [-0.3, -0.25) is 14.0 Å². The summed E-state index contributed by atoms with van der Waals surface area (Å²) in [5, 5.41) is 0.426. The summed E-state index contributed by atoms with van der Waals surface area (Å²) in [5.41, 5.74) is 6.22. The smallest absolute Gasteiger partial charge is 0.271 e. The molecule has 6 nitrogen and oxygen atoms in total. The number of hydrogen-bond acceptors (Lipinski definition) is 5. The number of nitrogens with zero attached hydrogens (tertiary/aromatic N) is 2. The monoisotopic (exact) mass is 374 g/mol. The van der Waals surface area contributed by atoms with Crippen molar-refractivity contribution in [1.82, 2.24) is 8.94 Å². The lowest BCUT2D eigenvalue weighted by atomic mass is 10.1. The highest BCUT2D eigenvalue weighted by Gasteiger charge is 2.30. The fourth-order valence-corrected chi connectivity index (χ4v) is 4.95. The number of aromatic nitrogens is 2. The fourth-order valence-electron chi connectivity index (χ4n) is 4.02. The van der Waals surface area contributed by atoms with Crippen LogP contribution in [0.2, 0.25) is 0 Å². The van der Waals surface area contributed by atoms with Crippen molar-refractivity contribution in [2.75, 3.05) is 24.5 Å². The number of fused-ring (bicyclic) bond motifs is 2. The van der Waals surface area contributed by atoms with Crippen molar-refractivity contribution in [3.05, 3.63) is 38.5 Å². The Morgan fingerprint density at radius 1 is 1.27 bits per heavy atom. The first-order valence-corrected chi connectivity index (χ1v) is 9.74. The van der Waals surface area contributed by atoms with Gasteiger partial charge in [-0.2, -0.15) is 0 Å². The molecule has 0 radical (unpaired) electrons. The number of rotatable bonds is 3. The van der Waals surface area contributed by atoms with Crippen LogP contribution >= 0.6 is 11.5 Å². The molecule has 3 heterocycles. The topological polar surface area (TPSA) is 84.1 Å². The highest BCUT2D eigenvalue weighted by Crippen LogP contribution is 2.41. The van der Waals surface area contributed by atoms with Gasteiger partial charge in [-0.15, -0.1) is 0 Å². The van der Waals surface area contributed by atoms with E-state index in [1.54, 1.807) is 6.07 Å². The van der Waals surface area contributed by atoms with Crippen LogP contribution in [0.15, 0.2) is 21.7 Å². The van der Waals surface area contributed by atoms with Gasteiger partial charge in [0.2, 0.25) is 5.43 Å². The molecule has 0 spiro atoms. The van der Waals surface area contributed by atoms with Crippen molar-refractivity contribution in [3.8, 4) is 0 Å². The van der Waals surface area contributed by atoms with E-state index in [0.29, 0.717) is 28.5 Å². The Morgan fingerprint density at radius 2 is 2.08 bits per heavy atom. The van der Waals surface area contributed by atoms with E-state index >= 15 is 0 Å². The van der Waals surface area contributed by atoms with Gasteiger partial charge in [0.15, 0.2) is 0 Å². The van der Waals surface area contributed by atoms with Crippen LogP contribution in [0.3, 0.4) is 0 Å². The van der Waals surface area contributed by atoms with Crippen molar-refractivity contribution in [3.63, 3.8) is 0 Å². The Labute approximate surface area is 152 Å². The summed E-state index contributed by atoms with van der Waals surface area (Å²) >= 11 is 1.19. The molecule has 3 N–H and O–H groups in total. The zero-order valence-electron chi connectivity index (χ0n) is 14.1. The summed E-state index contributed by atoms with van der Waals surface area (Å²) in [7, 11) is 0. The van der Waals surface area contributed by atoms with E-state index < -0.39 is 5.82 Å². The van der Waals surface area contributed by atoms with Gasteiger partial charge in [0.05, 0.1) is 11.2 Å². The zero-order chi connectivity index (χ0) is 18.0. The van der Waals surface area contributed by atoms with Crippen molar-refractivity contribution >= 4 is 38.3 Å². The van der Waals surface area contributed by atoms with Crippen molar-refractivity contribution in [1.29, 1.82) is 0 Å². The molecule has 1 atom stereocenters. The molecule has 2 aromatic heterocycles. The van der Waals surface area contributed by atoms with Gasteiger partial charge in [-0.1, -0.05) is 0 Å². The van der Waals surface area contributed by atoms with Crippen LogP contribution in [0.4, 0.5) is 10.1 Å². The average Bonchev–Trinajstić information content (AvgIpc) is 3.22. The molecular formula is C18H19FN4O2S. The lowest BCUT2D eigenvalue weighted by Gasteiger charge is -2.21. The molecule has 2 aliphatic rings. The molecule has 2 fully saturated rings. The lowest BCUT2D eigenvalue weighted by Crippen LogP contribution is -2.24. The Kier molecular flexibility index (Phi) is 3.48. The molecule has 0 unspecified atom stereocenters. The van der Waals surface area contributed by atoms with Gasteiger partial charge in [-0.25, -0.2) is 4.39 Å². The molecule has 1 aromatic carbocycles. The minimum Gasteiger partial charge on any atom is -0.369 e. The number of H-pyrrole nitrogens is 1. The normalized spacial score (nSPS) is 20.5. The summed E-state index contributed by atoms with van der Waals surface area (Å²) in [4.78, 5) is 27.6. The first-order chi connectivity index (χ1) is 12.6. The van der Waals surface area contributed by atoms with Gasteiger partial charge in [0.25, 0.3) is 5.56 Å². The minimum absolute atomic E-state index is 0.144. The molecule has 26 heavy (non-hydrogen) atoms. The SMILES string of the molecule is NC[C@@H]1CCN(c2cc3c(cc2F)c(=O)c2c(=O)[nH]sc2n3C2CC2)C1. The van der Waals surface area contributed by atoms with Crippen LogP contribution < -0.4 is 21.6 Å². The Hall–Kier alpha value is -2.19. The van der Waals surface area contributed by atoms with E-state index in [1.165, 1.54) is 17.6 Å². The molecule has 1 aliphatic carbocycles. The molecule has 1 saturated heterocycles. The van der Waals surface area contributed by atoms with Crippen LogP contribution in [0.1, 0.15) is 25.3 Å². The molecular weight excluding hydrogens is 355 g/mol. The molecule has 5 rings (SSSR count). The molecule has 3 aromatic rings. The molecule has 8 heteroatoms. The predicted molar refractivity (Wildman–Crippen MR) is 102 cm³/mol. The number of pyridine rings is 1. The summed E-state index contributed by atoms with van der Waals surface area (Å²) < 4.78 is 19.6. The van der Waals surface area contributed by atoms with Crippen LogP contribution in [0.25, 0.3) is 21.1 Å². The zero-order valence-corrected chi connectivity index (χ0v) is 14.9. The van der Waals surface area contributed by atoms with Crippen molar-refractivity contribution < 1.29 is 4.39 Å². The summed E-state index contributed by atoms with van der Waals surface area (Å²) in [6.45, 7) is 2.08. The van der Waals surface area contributed by atoms with Crippen LogP contribution in [-0.2, 0) is 0 Å². The van der Waals surface area contributed by atoms with Gasteiger partial charge in [0.1, 0.15) is 16.0 Å². The van der Waals surface area contributed by atoms with E-state index in [9.17, 15) is 14.0 Å². The minimum atomic E-state index is -0.416. The largest absolute Gasteiger partial charge is 0.369 e. The molecule has 136 valence electrons. The van der Waals surface area contributed by atoms with Crippen LogP contribution in [0, 0.1) is 11.7 Å². The van der Waals surface area contributed by atoms with E-state index in [2.05, 4.69) is 4.37 Å². The maximum atomic E-state index is 14.9. The van der Waals surface area contributed by atoms with Gasteiger partial charge in [-0.05, 0) is 55.4 Å².